The van der Waals surface area contributed by atoms with E-state index in [1.54, 1.807) is 21.0 Å². The van der Waals surface area contributed by atoms with Crippen LogP contribution >= 0.6 is 0 Å². The second kappa shape index (κ2) is 18.3. The summed E-state index contributed by atoms with van der Waals surface area (Å²) in [6, 6.07) is 26.4. The van der Waals surface area contributed by atoms with Crippen LogP contribution in [0.25, 0.3) is 44.2 Å². The van der Waals surface area contributed by atoms with Crippen LogP contribution in [0.1, 0.15) is 95.1 Å². The van der Waals surface area contributed by atoms with Crippen LogP contribution in [0.2, 0.25) is 0 Å². The Kier molecular flexibility index (Phi) is 12.5. The maximum Gasteiger partial charge on any atom is 0.250 e. The van der Waals surface area contributed by atoms with E-state index in [9.17, 15) is 19.2 Å². The van der Waals surface area contributed by atoms with Crippen molar-refractivity contribution in [3.8, 4) is 22.4 Å². The van der Waals surface area contributed by atoms with E-state index in [4.69, 9.17) is 14.7 Å². The highest BCUT2D eigenvalue weighted by Crippen LogP contribution is 2.38. The lowest BCUT2D eigenvalue weighted by molar-refractivity contribution is -0.138. The first-order valence-corrected chi connectivity index (χ1v) is 21.9. The molecule has 6 aromatic rings. The summed E-state index contributed by atoms with van der Waals surface area (Å²) >= 11 is 0. The van der Waals surface area contributed by atoms with Gasteiger partial charge in [0.2, 0.25) is 23.6 Å². The largest absolute Gasteiger partial charge is 0.384 e. The molecule has 4 aromatic carbocycles. The van der Waals surface area contributed by atoms with E-state index in [1.165, 1.54) is 0 Å². The SMILES string of the molecule is CCC(=O)N[C@H](C(=O)N1C[C@@H](COC)C[C@H]1c1nc2c(ccc3cc(-c4ccc(-c5cnc([C@@H]6CCCN6C(=O)[C@H](NC(=O)CC)c6ccccc6)[nH]5)cc4)ccc32)[nH]1)C(C)C. The summed E-state index contributed by atoms with van der Waals surface area (Å²) in [6.07, 6.45) is 4.76. The van der Waals surface area contributed by atoms with Gasteiger partial charge in [-0.25, -0.2) is 9.97 Å². The van der Waals surface area contributed by atoms with Gasteiger partial charge in [-0.05, 0) is 65.0 Å². The van der Waals surface area contributed by atoms with Crippen LogP contribution in [0.5, 0.6) is 0 Å². The Labute approximate surface area is 362 Å². The fraction of sp³-hybridized carbons (Fsp3) is 0.388. The lowest BCUT2D eigenvalue weighted by Crippen LogP contribution is -2.51. The van der Waals surface area contributed by atoms with Gasteiger partial charge >= 0.3 is 0 Å². The van der Waals surface area contributed by atoms with Gasteiger partial charge in [0.15, 0.2) is 0 Å². The molecule has 13 heteroatoms. The van der Waals surface area contributed by atoms with E-state index >= 15 is 0 Å². The Bertz CT molecular complexity index is 2570. The van der Waals surface area contributed by atoms with Gasteiger partial charge in [-0.3, -0.25) is 19.2 Å². The number of methoxy groups -OCH3 is 1. The third-order valence-corrected chi connectivity index (χ3v) is 12.4. The number of hydrogen-bond donors (Lipinski definition) is 4. The molecule has 0 bridgehead atoms. The number of rotatable bonds is 14. The van der Waals surface area contributed by atoms with Gasteiger partial charge in [-0.15, -0.1) is 0 Å². The zero-order valence-electron chi connectivity index (χ0n) is 36.1. The number of nitrogens with one attached hydrogen (secondary N) is 4. The molecule has 0 unspecified atom stereocenters. The second-order valence-electron chi connectivity index (χ2n) is 16.9. The Balaban J connectivity index is 0.998. The summed E-state index contributed by atoms with van der Waals surface area (Å²) in [5.74, 6) is 0.987. The summed E-state index contributed by atoms with van der Waals surface area (Å²) in [7, 11) is 1.68. The van der Waals surface area contributed by atoms with Gasteiger partial charge in [-0.1, -0.05) is 100 Å². The number of benzene rings is 4. The molecule has 8 rings (SSSR count). The molecule has 2 aliphatic rings. The second-order valence-corrected chi connectivity index (χ2v) is 16.9. The normalized spacial score (nSPS) is 18.7. The van der Waals surface area contributed by atoms with Gasteiger partial charge in [0.25, 0.3) is 0 Å². The monoisotopic (exact) mass is 836 g/mol. The van der Waals surface area contributed by atoms with E-state index in [1.807, 2.05) is 66.2 Å². The maximum atomic E-state index is 14.1. The average Bonchev–Trinajstić information content (AvgIpc) is 4.13. The molecule has 13 nitrogen and oxygen atoms in total. The lowest BCUT2D eigenvalue weighted by atomic mass is 9.99. The van der Waals surface area contributed by atoms with Crippen molar-refractivity contribution in [3.05, 3.63) is 108 Å². The number of fused-ring (bicyclic) bond motifs is 3. The molecule has 4 amide bonds. The number of imidazole rings is 2. The van der Waals surface area contributed by atoms with Crippen LogP contribution in [0, 0.1) is 11.8 Å². The third kappa shape index (κ3) is 8.58. The first kappa shape index (κ1) is 42.4. The van der Waals surface area contributed by atoms with Crippen LogP contribution in [0.3, 0.4) is 0 Å². The van der Waals surface area contributed by atoms with E-state index in [-0.39, 0.29) is 47.5 Å². The number of aromatic nitrogens is 4. The molecule has 2 aliphatic heterocycles. The minimum atomic E-state index is -0.760. The van der Waals surface area contributed by atoms with Gasteiger partial charge in [0, 0.05) is 44.3 Å². The van der Waals surface area contributed by atoms with E-state index in [2.05, 4.69) is 69.1 Å². The minimum Gasteiger partial charge on any atom is -0.384 e. The van der Waals surface area contributed by atoms with Crippen LogP contribution in [-0.2, 0) is 23.9 Å². The molecule has 4 N–H and O–H groups in total. The molecule has 0 radical (unpaired) electrons. The van der Waals surface area contributed by atoms with Gasteiger partial charge in [0.05, 0.1) is 41.6 Å². The summed E-state index contributed by atoms with van der Waals surface area (Å²) in [5.41, 5.74) is 6.47. The first-order chi connectivity index (χ1) is 30.1. The van der Waals surface area contributed by atoms with E-state index in [0.717, 1.165) is 74.2 Å². The number of amides is 4. The van der Waals surface area contributed by atoms with Crippen molar-refractivity contribution in [1.29, 1.82) is 0 Å². The quantitative estimate of drug-likeness (QED) is 0.0870. The highest BCUT2D eigenvalue weighted by atomic mass is 16.5. The van der Waals surface area contributed by atoms with Crippen LogP contribution in [-0.4, -0.2) is 86.2 Å². The number of carbonyl (C=O) groups is 4. The number of carbonyl (C=O) groups excluding carboxylic acids is 4. The first-order valence-electron chi connectivity index (χ1n) is 21.9. The molecule has 0 aliphatic carbocycles. The third-order valence-electron chi connectivity index (χ3n) is 12.4. The Morgan fingerprint density at radius 3 is 2.26 bits per heavy atom. The highest BCUT2D eigenvalue weighted by molar-refractivity contribution is 6.05. The molecule has 4 heterocycles. The van der Waals surface area contributed by atoms with Crippen molar-refractivity contribution in [2.75, 3.05) is 26.8 Å². The fourth-order valence-corrected chi connectivity index (χ4v) is 9.08. The number of ether oxygens (including phenoxy) is 1. The number of likely N-dealkylation sites (tertiary alicyclic amines) is 2. The van der Waals surface area contributed by atoms with Crippen molar-refractivity contribution < 1.29 is 23.9 Å². The van der Waals surface area contributed by atoms with E-state index < -0.39 is 12.1 Å². The van der Waals surface area contributed by atoms with E-state index in [0.29, 0.717) is 39.0 Å². The van der Waals surface area contributed by atoms with Gasteiger partial charge < -0.3 is 35.1 Å². The molecule has 2 saturated heterocycles. The highest BCUT2D eigenvalue weighted by Gasteiger charge is 2.42. The summed E-state index contributed by atoms with van der Waals surface area (Å²) in [6.45, 7) is 9.13. The van der Waals surface area contributed by atoms with Crippen molar-refractivity contribution in [3.63, 3.8) is 0 Å². The molecule has 0 saturated carbocycles. The molecule has 5 atom stereocenters. The average molecular weight is 837 g/mol. The Morgan fingerprint density at radius 2 is 1.53 bits per heavy atom. The number of aromatic amines is 2. The molecule has 0 spiro atoms. The molecular weight excluding hydrogens is 781 g/mol. The van der Waals surface area contributed by atoms with Crippen molar-refractivity contribution >= 4 is 45.4 Å². The lowest BCUT2D eigenvalue weighted by Gasteiger charge is -2.30. The van der Waals surface area contributed by atoms with Crippen molar-refractivity contribution in [2.24, 2.45) is 11.8 Å². The molecule has 62 heavy (non-hydrogen) atoms. The Hall–Kier alpha value is -6.34. The molecule has 2 fully saturated rings. The smallest absolute Gasteiger partial charge is 0.250 e. The van der Waals surface area contributed by atoms with Crippen molar-refractivity contribution in [1.82, 2.24) is 40.4 Å². The number of H-pyrrole nitrogens is 2. The van der Waals surface area contributed by atoms with Crippen molar-refractivity contribution in [2.45, 2.75) is 84.0 Å². The summed E-state index contributed by atoms with van der Waals surface area (Å²) in [5, 5.41) is 7.96. The molecular formula is C49H56N8O5. The van der Waals surface area contributed by atoms with Gasteiger partial charge in [-0.2, -0.15) is 0 Å². The molecule has 2 aromatic heterocycles. The predicted molar refractivity (Wildman–Crippen MR) is 239 cm³/mol. The fourth-order valence-electron chi connectivity index (χ4n) is 9.08. The maximum absolute atomic E-state index is 14.1. The number of hydrogen-bond acceptors (Lipinski definition) is 7. The minimum absolute atomic E-state index is 0.0718. The number of nitrogens with zero attached hydrogens (tertiary/aromatic N) is 4. The van der Waals surface area contributed by atoms with Gasteiger partial charge in [0.1, 0.15) is 23.7 Å². The van der Waals surface area contributed by atoms with Crippen LogP contribution in [0.15, 0.2) is 91.1 Å². The topological polar surface area (TPSA) is 165 Å². The Morgan fingerprint density at radius 1 is 0.806 bits per heavy atom. The summed E-state index contributed by atoms with van der Waals surface area (Å²) < 4.78 is 5.52. The predicted octanol–water partition coefficient (Wildman–Crippen LogP) is 7.79. The standard InChI is InChI=1S/C49H56N8O5/c1-6-41(58)53-43(29(3)4)48(60)57-27-30(28-62-5)24-40(57)47-51-37-22-20-35-25-34(19-21-36(35)45(37)55-47)31-15-17-32(18-16-31)38-26-50-46(52-38)39-14-11-23-56(39)49(61)44(54-42(59)7-2)33-12-9-8-10-13-33/h8-10,12-13,15-22,25-26,29-30,39-40,43-44H,6-7,11,14,23-24,27-28H2,1-5H3,(H,50,52)(H,51,55)(H,53,58)(H,54,59)/t30-,39-,40-,43-,44+/m0/s1. The molecule has 322 valence electrons. The van der Waals surface area contributed by atoms with Crippen LogP contribution < -0.4 is 10.6 Å². The zero-order valence-corrected chi connectivity index (χ0v) is 36.1. The summed E-state index contributed by atoms with van der Waals surface area (Å²) in [4.78, 5) is 73.6. The van der Waals surface area contributed by atoms with Crippen LogP contribution in [0.4, 0.5) is 0 Å². The zero-order chi connectivity index (χ0) is 43.5.